The second kappa shape index (κ2) is 25.3. The van der Waals surface area contributed by atoms with Crippen molar-refractivity contribution >= 4 is 45.4 Å². The minimum atomic E-state index is -5.15. The molecule has 0 heterocycles. The van der Waals surface area contributed by atoms with E-state index in [2.05, 4.69) is 0 Å². The van der Waals surface area contributed by atoms with Gasteiger partial charge in [-0.15, -0.1) is 0 Å². The monoisotopic (exact) mass is 848 g/mol. The number of ketones is 1. The molecule has 0 amide bonds. The van der Waals surface area contributed by atoms with Crippen LogP contribution in [0.15, 0.2) is 40.8 Å². The first-order valence-corrected chi connectivity index (χ1v) is 18.4. The van der Waals surface area contributed by atoms with Crippen molar-refractivity contribution in [2.24, 2.45) is 23.7 Å². The normalized spacial score (nSPS) is 17.6. The Bertz CT molecular complexity index is 1890. The molecule has 2 N–H and O–H groups in total. The Labute approximate surface area is 421 Å². The maximum Gasteiger partial charge on any atom is 1.00 e. The summed E-state index contributed by atoms with van der Waals surface area (Å²) in [6, 6.07) is 7.03. The summed E-state index contributed by atoms with van der Waals surface area (Å²) in [5.41, 5.74) is 1.71. The van der Waals surface area contributed by atoms with Crippen molar-refractivity contribution in [2.45, 2.75) is 65.3 Å². The van der Waals surface area contributed by atoms with Gasteiger partial charge in [0, 0.05) is 50.1 Å². The van der Waals surface area contributed by atoms with Gasteiger partial charge >= 0.3 is 124 Å². The fourth-order valence-corrected chi connectivity index (χ4v) is 7.83. The van der Waals surface area contributed by atoms with Crippen LogP contribution in [0.3, 0.4) is 0 Å². The Hall–Kier alpha value is -0.640. The van der Waals surface area contributed by atoms with E-state index >= 15 is 0 Å². The molecule has 0 aromatic heterocycles. The summed E-state index contributed by atoms with van der Waals surface area (Å²) in [5, 5.41) is 55.8. The number of aliphatic carboxylic acids is 4. The number of Topliss-reactive ketones (excluding diaryl/α,β-unsaturated/α-hetero) is 1. The summed E-state index contributed by atoms with van der Waals surface area (Å²) in [7, 11) is -5.15. The zero-order chi connectivity index (χ0) is 40.1. The standard InChI is InChI=1S/C37H48N2O13S.4Na/c1-19(2)24-11-26(21(5)28(36(24)48)13-38(15-31(40)41)16-32(42)43)35(23-9-7-8-10-30(23)53(50,51)52)27-12-25(20(3)4)37(49)29(22(27)6)14-39(17-33(44)45)18-34(46)47;;;;/h7-11,19-20,22,25,29,48H,12-18H2,1-6H3,(H,40,41)(H,42,43)(H,44,45)(H,46,47)(H,50,51,52);;;;/q;4*+1/p-4. The summed E-state index contributed by atoms with van der Waals surface area (Å²) < 4.78 is 38.4. The van der Waals surface area contributed by atoms with E-state index in [9.17, 15) is 62.5 Å². The summed E-state index contributed by atoms with van der Waals surface area (Å²) in [6.45, 7) is 6.42. The van der Waals surface area contributed by atoms with Crippen molar-refractivity contribution in [1.29, 1.82) is 0 Å². The zero-order valence-electron chi connectivity index (χ0n) is 34.4. The third-order valence-electron chi connectivity index (χ3n) is 9.74. The van der Waals surface area contributed by atoms with Crippen LogP contribution in [-0.2, 0) is 40.6 Å². The molecule has 0 radical (unpaired) electrons. The number of phenolic OH excluding ortho intramolecular Hbond substituents is 1. The van der Waals surface area contributed by atoms with Crippen LogP contribution in [0.2, 0.25) is 0 Å². The number of benzene rings is 2. The van der Waals surface area contributed by atoms with E-state index in [0.717, 1.165) is 15.9 Å². The van der Waals surface area contributed by atoms with Crippen LogP contribution in [-0.4, -0.2) is 95.4 Å². The summed E-state index contributed by atoms with van der Waals surface area (Å²) in [5.74, 6) is -9.87. The SMILES string of the molecule is Cc1c(C(=C2CC(C(C)C)C(=O)C(CN(CC(=O)[O-])CC(=O)[O-])C2C)c2ccccc2S(=O)(=O)[O-])cc(C(C)C)c(O)c1CN(CC(=O)[O-])CC(=O)O.[Na+].[Na+].[Na+].[Na+]. The molecule has 1 aliphatic carbocycles. The van der Waals surface area contributed by atoms with Crippen molar-refractivity contribution in [3.8, 4) is 5.75 Å². The number of carbonyl (C=O) groups is 5. The van der Waals surface area contributed by atoms with Gasteiger partial charge in [-0.3, -0.25) is 19.4 Å². The van der Waals surface area contributed by atoms with Crippen molar-refractivity contribution in [2.75, 3.05) is 32.7 Å². The molecular weight excluding hydrogens is 804 g/mol. The molecule has 20 heteroatoms. The molecule has 0 aliphatic heterocycles. The predicted molar refractivity (Wildman–Crippen MR) is 182 cm³/mol. The van der Waals surface area contributed by atoms with Gasteiger partial charge in [0.15, 0.2) is 0 Å². The third-order valence-corrected chi connectivity index (χ3v) is 10.6. The van der Waals surface area contributed by atoms with Crippen molar-refractivity contribution in [3.63, 3.8) is 0 Å². The number of hydrogen-bond donors (Lipinski definition) is 2. The van der Waals surface area contributed by atoms with E-state index in [-0.39, 0.29) is 172 Å². The molecule has 57 heavy (non-hydrogen) atoms. The van der Waals surface area contributed by atoms with Crippen LogP contribution in [0.1, 0.15) is 74.8 Å². The number of carboxylic acid groups (broad SMARTS) is 4. The van der Waals surface area contributed by atoms with Crippen molar-refractivity contribution in [3.05, 3.63) is 63.7 Å². The van der Waals surface area contributed by atoms with Crippen LogP contribution in [0.5, 0.6) is 5.75 Å². The second-order valence-electron chi connectivity index (χ2n) is 14.1. The number of allylic oxidation sites excluding steroid dienone is 1. The molecule has 3 unspecified atom stereocenters. The number of hydrogen-bond acceptors (Lipinski definition) is 14. The van der Waals surface area contributed by atoms with Crippen LogP contribution in [0.25, 0.3) is 5.57 Å². The van der Waals surface area contributed by atoms with Gasteiger partial charge in [-0.25, -0.2) is 8.42 Å². The number of nitrogens with zero attached hydrogens (tertiary/aromatic N) is 2. The molecule has 290 valence electrons. The van der Waals surface area contributed by atoms with Crippen molar-refractivity contribution in [1.82, 2.24) is 9.80 Å². The Kier molecular flexibility index (Phi) is 26.0. The number of carbonyl (C=O) groups excluding carboxylic acids is 4. The van der Waals surface area contributed by atoms with E-state index in [1.807, 2.05) is 0 Å². The van der Waals surface area contributed by atoms with Gasteiger partial charge in [0.05, 0.1) is 29.3 Å². The van der Waals surface area contributed by atoms with E-state index in [1.54, 1.807) is 47.6 Å². The summed E-state index contributed by atoms with van der Waals surface area (Å²) in [6.07, 6.45) is 0.0557. The van der Waals surface area contributed by atoms with Crippen LogP contribution >= 0.6 is 0 Å². The van der Waals surface area contributed by atoms with Gasteiger partial charge in [-0.05, 0) is 71.1 Å². The van der Waals surface area contributed by atoms with E-state index in [4.69, 9.17) is 0 Å². The Morgan fingerprint density at radius 2 is 1.37 bits per heavy atom. The minimum absolute atomic E-state index is 0. The molecule has 1 fully saturated rings. The third kappa shape index (κ3) is 15.6. The van der Waals surface area contributed by atoms with Crippen LogP contribution < -0.4 is 134 Å². The molecule has 1 aliphatic rings. The fourth-order valence-electron chi connectivity index (χ4n) is 7.15. The maximum atomic E-state index is 14.1. The molecular formula is C37H44N2Na4O13S. The van der Waals surface area contributed by atoms with Crippen LogP contribution in [0, 0.1) is 30.6 Å². The van der Waals surface area contributed by atoms with E-state index in [0.29, 0.717) is 22.3 Å². The topological polar surface area (TPSA) is 259 Å². The molecule has 0 bridgehead atoms. The molecule has 0 spiro atoms. The Morgan fingerprint density at radius 1 is 0.860 bits per heavy atom. The minimum Gasteiger partial charge on any atom is -0.744 e. The predicted octanol–water partition coefficient (Wildman–Crippen LogP) is -12.5. The number of phenols is 1. The molecule has 2 aromatic carbocycles. The molecule has 2 aromatic rings. The first-order valence-electron chi connectivity index (χ1n) is 17.0. The van der Waals surface area contributed by atoms with Gasteiger partial charge in [0.1, 0.15) is 21.7 Å². The Balaban J connectivity index is 0. The zero-order valence-corrected chi connectivity index (χ0v) is 43.2. The van der Waals surface area contributed by atoms with Gasteiger partial charge in [-0.2, -0.15) is 0 Å². The average Bonchev–Trinajstić information content (AvgIpc) is 3.01. The van der Waals surface area contributed by atoms with Crippen LogP contribution in [0.4, 0.5) is 0 Å². The first-order chi connectivity index (χ1) is 24.5. The summed E-state index contributed by atoms with van der Waals surface area (Å²) >= 11 is 0. The molecule has 0 saturated heterocycles. The van der Waals surface area contributed by atoms with Gasteiger partial charge in [0.25, 0.3) is 0 Å². The largest absolute Gasteiger partial charge is 1.00 e. The van der Waals surface area contributed by atoms with Gasteiger partial charge in [0.2, 0.25) is 0 Å². The molecule has 1 saturated carbocycles. The molecule has 3 atom stereocenters. The first kappa shape index (κ1) is 58.5. The number of aromatic hydroxyl groups is 1. The van der Waals surface area contributed by atoms with Crippen molar-refractivity contribution < 1.29 is 181 Å². The van der Waals surface area contributed by atoms with Gasteiger partial charge < -0.3 is 44.5 Å². The van der Waals surface area contributed by atoms with E-state index in [1.165, 1.54) is 18.2 Å². The molecule has 15 nitrogen and oxygen atoms in total. The number of rotatable bonds is 17. The Morgan fingerprint density at radius 3 is 1.82 bits per heavy atom. The summed E-state index contributed by atoms with van der Waals surface area (Å²) in [4.78, 5) is 62.0. The fraction of sp³-hybridized carbons (Fsp3) is 0.486. The quantitative estimate of drug-likeness (QED) is 0.111. The van der Waals surface area contributed by atoms with Gasteiger partial charge in [-0.1, -0.05) is 58.4 Å². The second-order valence-corrected chi connectivity index (χ2v) is 15.5. The molecule has 3 rings (SSSR count). The maximum absolute atomic E-state index is 14.1. The average molecular weight is 849 g/mol. The number of carboxylic acids is 4. The smallest absolute Gasteiger partial charge is 0.744 e. The van der Waals surface area contributed by atoms with E-state index < -0.39 is 88.7 Å².